The molecule has 0 unspecified atom stereocenters. The summed E-state index contributed by atoms with van der Waals surface area (Å²) in [6.45, 7) is 1.02. The van der Waals surface area contributed by atoms with Crippen LogP contribution in [0.1, 0.15) is 10.4 Å². The van der Waals surface area contributed by atoms with Crippen LogP contribution in [0.4, 0.5) is 21.6 Å². The quantitative estimate of drug-likeness (QED) is 0.848. The number of carbonyl (C=O) groups excluding carboxylic acids is 2. The maximum Gasteiger partial charge on any atom is 0.250 e. The van der Waals surface area contributed by atoms with Crippen molar-refractivity contribution in [3.63, 3.8) is 0 Å². The molecular formula is C18H20FN5O2. The van der Waals surface area contributed by atoms with Gasteiger partial charge >= 0.3 is 0 Å². The maximum atomic E-state index is 14.4. The zero-order valence-corrected chi connectivity index (χ0v) is 14.6. The molecule has 1 fully saturated rings. The van der Waals surface area contributed by atoms with E-state index in [0.717, 1.165) is 0 Å². The zero-order valence-electron chi connectivity index (χ0n) is 14.6. The van der Waals surface area contributed by atoms with Gasteiger partial charge in [0.05, 0.1) is 17.2 Å². The van der Waals surface area contributed by atoms with E-state index in [1.54, 1.807) is 43.3 Å². The lowest BCUT2D eigenvalue weighted by molar-refractivity contribution is -0.133. The highest BCUT2D eigenvalue weighted by Gasteiger charge is 2.34. The van der Waals surface area contributed by atoms with E-state index in [1.165, 1.54) is 12.3 Å². The smallest absolute Gasteiger partial charge is 0.250 e. The number of hydrogen-bond donors (Lipinski definition) is 2. The summed E-state index contributed by atoms with van der Waals surface area (Å²) >= 11 is 0. The standard InChI is InChI=1S/C18H20FN5O2/c1-23(2)18(26)12-9-24(10-12)15-5-4-13(7-14(15)19)22-16-6-3-11(8-21-16)17(20)25/h3-8,12H,9-10H2,1-2H3,(H2,20,25)(H,21,22). The topological polar surface area (TPSA) is 91.6 Å². The first-order valence-electron chi connectivity index (χ1n) is 8.13. The van der Waals surface area contributed by atoms with Crippen molar-refractivity contribution in [2.75, 3.05) is 37.4 Å². The van der Waals surface area contributed by atoms with Crippen molar-refractivity contribution in [3.8, 4) is 0 Å². The zero-order chi connectivity index (χ0) is 18.8. The Morgan fingerprint density at radius 2 is 2.00 bits per heavy atom. The predicted molar refractivity (Wildman–Crippen MR) is 96.8 cm³/mol. The highest BCUT2D eigenvalue weighted by atomic mass is 19.1. The largest absolute Gasteiger partial charge is 0.367 e. The molecule has 1 aliphatic heterocycles. The average molecular weight is 357 g/mol. The predicted octanol–water partition coefficient (Wildman–Crippen LogP) is 1.59. The van der Waals surface area contributed by atoms with E-state index in [9.17, 15) is 14.0 Å². The van der Waals surface area contributed by atoms with Crippen LogP contribution in [-0.2, 0) is 4.79 Å². The minimum Gasteiger partial charge on any atom is -0.367 e. The lowest BCUT2D eigenvalue weighted by Crippen LogP contribution is -2.53. The molecule has 0 bridgehead atoms. The molecule has 7 nitrogen and oxygen atoms in total. The van der Waals surface area contributed by atoms with E-state index in [4.69, 9.17) is 5.73 Å². The van der Waals surface area contributed by atoms with Gasteiger partial charge in [0.15, 0.2) is 0 Å². The molecule has 2 amide bonds. The number of hydrogen-bond acceptors (Lipinski definition) is 5. The van der Waals surface area contributed by atoms with Crippen molar-refractivity contribution in [2.24, 2.45) is 11.7 Å². The van der Waals surface area contributed by atoms with Crippen LogP contribution in [0.15, 0.2) is 36.5 Å². The molecule has 0 atom stereocenters. The molecule has 1 aromatic carbocycles. The third kappa shape index (κ3) is 3.58. The Labute approximate surface area is 150 Å². The Balaban J connectivity index is 1.65. The number of carbonyl (C=O) groups is 2. The van der Waals surface area contributed by atoms with E-state index in [1.807, 2.05) is 4.90 Å². The average Bonchev–Trinajstić information content (AvgIpc) is 2.55. The van der Waals surface area contributed by atoms with Crippen molar-refractivity contribution in [3.05, 3.63) is 47.9 Å². The molecule has 2 heterocycles. The summed E-state index contributed by atoms with van der Waals surface area (Å²) in [5, 5.41) is 2.97. The van der Waals surface area contributed by atoms with Crippen LogP contribution < -0.4 is 16.0 Å². The summed E-state index contributed by atoms with van der Waals surface area (Å²) in [4.78, 5) is 30.4. The SMILES string of the molecule is CN(C)C(=O)C1CN(c2ccc(Nc3ccc(C(N)=O)cn3)cc2F)C1. The second-order valence-electron chi connectivity index (χ2n) is 6.42. The molecule has 3 rings (SSSR count). The van der Waals surface area contributed by atoms with Crippen LogP contribution in [0, 0.1) is 11.7 Å². The molecule has 8 heteroatoms. The summed E-state index contributed by atoms with van der Waals surface area (Å²) in [6.07, 6.45) is 1.36. The number of aromatic nitrogens is 1. The highest BCUT2D eigenvalue weighted by Crippen LogP contribution is 2.30. The molecular weight excluding hydrogens is 337 g/mol. The van der Waals surface area contributed by atoms with Gasteiger partial charge < -0.3 is 20.9 Å². The van der Waals surface area contributed by atoms with Crippen molar-refractivity contribution >= 4 is 29.0 Å². The minimum atomic E-state index is -0.556. The molecule has 0 aliphatic carbocycles. The van der Waals surface area contributed by atoms with Gasteiger partial charge in [-0.05, 0) is 30.3 Å². The number of anilines is 3. The van der Waals surface area contributed by atoms with Gasteiger partial charge in [0.25, 0.3) is 0 Å². The normalized spacial score (nSPS) is 13.9. The van der Waals surface area contributed by atoms with Gasteiger partial charge in [0.2, 0.25) is 11.8 Å². The van der Waals surface area contributed by atoms with Gasteiger partial charge in [0.1, 0.15) is 11.6 Å². The second kappa shape index (κ2) is 6.99. The highest BCUT2D eigenvalue weighted by molar-refractivity contribution is 5.92. The Morgan fingerprint density at radius 1 is 1.27 bits per heavy atom. The Bertz CT molecular complexity index is 832. The number of pyridine rings is 1. The van der Waals surface area contributed by atoms with Crippen LogP contribution in [0.2, 0.25) is 0 Å². The molecule has 3 N–H and O–H groups in total. The van der Waals surface area contributed by atoms with Gasteiger partial charge in [-0.15, -0.1) is 0 Å². The Kier molecular flexibility index (Phi) is 4.75. The fourth-order valence-corrected chi connectivity index (χ4v) is 2.80. The molecule has 1 saturated heterocycles. The summed E-state index contributed by atoms with van der Waals surface area (Å²) in [5.74, 6) is -0.483. The lowest BCUT2D eigenvalue weighted by atomic mass is 9.97. The molecule has 1 aliphatic rings. The van der Waals surface area contributed by atoms with E-state index >= 15 is 0 Å². The first-order chi connectivity index (χ1) is 12.3. The van der Waals surface area contributed by atoms with Gasteiger partial charge in [-0.25, -0.2) is 9.37 Å². The Hall–Kier alpha value is -3.16. The molecule has 2 aromatic rings. The summed E-state index contributed by atoms with van der Waals surface area (Å²) in [5.41, 5.74) is 6.47. The molecule has 1 aromatic heterocycles. The summed E-state index contributed by atoms with van der Waals surface area (Å²) in [7, 11) is 3.44. The first-order valence-corrected chi connectivity index (χ1v) is 8.13. The fraction of sp³-hybridized carbons (Fsp3) is 0.278. The van der Waals surface area contributed by atoms with Crippen molar-refractivity contribution < 1.29 is 14.0 Å². The molecule has 26 heavy (non-hydrogen) atoms. The van der Waals surface area contributed by atoms with Gasteiger partial charge in [0, 0.05) is 39.1 Å². The van der Waals surface area contributed by atoms with Crippen LogP contribution in [0.25, 0.3) is 0 Å². The third-order valence-corrected chi connectivity index (χ3v) is 4.28. The van der Waals surface area contributed by atoms with Crippen LogP contribution in [-0.4, -0.2) is 48.9 Å². The van der Waals surface area contributed by atoms with Crippen molar-refractivity contribution in [1.82, 2.24) is 9.88 Å². The Morgan fingerprint density at radius 3 is 2.54 bits per heavy atom. The third-order valence-electron chi connectivity index (χ3n) is 4.28. The summed E-state index contributed by atoms with van der Waals surface area (Å²) in [6, 6.07) is 7.93. The minimum absolute atomic E-state index is 0.0606. The van der Waals surface area contributed by atoms with E-state index in [2.05, 4.69) is 10.3 Å². The number of benzene rings is 1. The number of nitrogens with two attached hydrogens (primary N) is 1. The van der Waals surface area contributed by atoms with E-state index in [-0.39, 0.29) is 17.6 Å². The number of halogens is 1. The van der Waals surface area contributed by atoms with Crippen molar-refractivity contribution in [2.45, 2.75) is 0 Å². The van der Waals surface area contributed by atoms with Crippen LogP contribution in [0.3, 0.4) is 0 Å². The van der Waals surface area contributed by atoms with Gasteiger partial charge in [-0.2, -0.15) is 0 Å². The van der Waals surface area contributed by atoms with Crippen LogP contribution >= 0.6 is 0 Å². The van der Waals surface area contributed by atoms with Crippen molar-refractivity contribution in [1.29, 1.82) is 0 Å². The lowest BCUT2D eigenvalue weighted by Gasteiger charge is -2.41. The molecule has 0 spiro atoms. The number of amides is 2. The maximum absolute atomic E-state index is 14.4. The van der Waals surface area contributed by atoms with Gasteiger partial charge in [-0.3, -0.25) is 9.59 Å². The first kappa shape index (κ1) is 17.7. The van der Waals surface area contributed by atoms with E-state index in [0.29, 0.717) is 35.8 Å². The molecule has 0 radical (unpaired) electrons. The summed E-state index contributed by atoms with van der Waals surface area (Å²) < 4.78 is 14.4. The molecule has 136 valence electrons. The number of nitrogens with one attached hydrogen (secondary N) is 1. The number of rotatable bonds is 5. The monoisotopic (exact) mass is 357 g/mol. The second-order valence-corrected chi connectivity index (χ2v) is 6.42. The van der Waals surface area contributed by atoms with E-state index < -0.39 is 5.91 Å². The number of primary amides is 1. The van der Waals surface area contributed by atoms with Gasteiger partial charge in [-0.1, -0.05) is 0 Å². The fourth-order valence-electron chi connectivity index (χ4n) is 2.80. The number of nitrogens with zero attached hydrogens (tertiary/aromatic N) is 3. The molecule has 0 saturated carbocycles. The van der Waals surface area contributed by atoms with Crippen LogP contribution in [0.5, 0.6) is 0 Å².